The number of hydrogen-bond donors (Lipinski definition) is 1. The summed E-state index contributed by atoms with van der Waals surface area (Å²) in [5.41, 5.74) is 1.50. The number of imidazole rings is 1. The van der Waals surface area contributed by atoms with Crippen molar-refractivity contribution in [3.05, 3.63) is 34.7 Å². The molecule has 0 saturated carbocycles. The van der Waals surface area contributed by atoms with Gasteiger partial charge in [-0.15, -0.1) is 0 Å². The van der Waals surface area contributed by atoms with Crippen LogP contribution in [0, 0.1) is 0 Å². The molecule has 0 aliphatic heterocycles. The Morgan fingerprint density at radius 2 is 1.94 bits per heavy atom. The van der Waals surface area contributed by atoms with E-state index in [0.29, 0.717) is 6.54 Å². The minimum absolute atomic E-state index is 0.161. The number of rotatable bonds is 4. The standard InChI is InChI=1S/C12H16N2O3/c1-12(16-2,17-3)8-14-10-7-5-4-6-9(10)13-11(14)15/h4-7H,8H2,1-3H3,(H,13,15). The summed E-state index contributed by atoms with van der Waals surface area (Å²) in [6.45, 7) is 2.13. The number of fused-ring (bicyclic) bond motifs is 1. The molecule has 0 unspecified atom stereocenters. The molecule has 1 N–H and O–H groups in total. The first-order valence-electron chi connectivity index (χ1n) is 5.37. The van der Waals surface area contributed by atoms with Crippen LogP contribution in [-0.4, -0.2) is 29.6 Å². The number of benzene rings is 1. The summed E-state index contributed by atoms with van der Waals surface area (Å²) in [4.78, 5) is 14.6. The highest BCUT2D eigenvalue weighted by atomic mass is 16.7. The lowest BCUT2D eigenvalue weighted by atomic mass is 10.3. The number of ether oxygens (including phenoxy) is 2. The van der Waals surface area contributed by atoms with Crippen molar-refractivity contribution in [1.82, 2.24) is 9.55 Å². The van der Waals surface area contributed by atoms with Crippen molar-refractivity contribution in [3.8, 4) is 0 Å². The van der Waals surface area contributed by atoms with E-state index in [1.807, 2.05) is 24.3 Å². The monoisotopic (exact) mass is 236 g/mol. The van der Waals surface area contributed by atoms with Crippen LogP contribution in [0.1, 0.15) is 6.92 Å². The summed E-state index contributed by atoms with van der Waals surface area (Å²) >= 11 is 0. The number of para-hydroxylation sites is 2. The van der Waals surface area contributed by atoms with E-state index in [1.54, 1.807) is 25.7 Å². The highest BCUT2D eigenvalue weighted by molar-refractivity contribution is 5.74. The Balaban J connectivity index is 2.49. The van der Waals surface area contributed by atoms with Gasteiger partial charge in [0.1, 0.15) is 0 Å². The first-order chi connectivity index (χ1) is 8.09. The van der Waals surface area contributed by atoms with Gasteiger partial charge in [0.05, 0.1) is 17.6 Å². The van der Waals surface area contributed by atoms with E-state index in [2.05, 4.69) is 4.98 Å². The van der Waals surface area contributed by atoms with E-state index in [0.717, 1.165) is 11.0 Å². The zero-order chi connectivity index (χ0) is 12.5. The lowest BCUT2D eigenvalue weighted by Gasteiger charge is -2.26. The van der Waals surface area contributed by atoms with Crippen LogP contribution in [-0.2, 0) is 16.0 Å². The molecule has 2 rings (SSSR count). The second-order valence-electron chi connectivity index (χ2n) is 4.08. The minimum Gasteiger partial charge on any atom is -0.352 e. The minimum atomic E-state index is -0.811. The Bertz CT molecular complexity index is 566. The number of H-pyrrole nitrogens is 1. The molecule has 0 saturated heterocycles. The van der Waals surface area contributed by atoms with E-state index in [-0.39, 0.29) is 5.69 Å². The van der Waals surface area contributed by atoms with E-state index in [4.69, 9.17) is 9.47 Å². The van der Waals surface area contributed by atoms with Crippen LogP contribution < -0.4 is 5.69 Å². The highest BCUT2D eigenvalue weighted by Crippen LogP contribution is 2.16. The van der Waals surface area contributed by atoms with Crippen molar-refractivity contribution < 1.29 is 9.47 Å². The molecule has 0 radical (unpaired) electrons. The lowest BCUT2D eigenvalue weighted by molar-refractivity contribution is -0.201. The third kappa shape index (κ3) is 2.11. The third-order valence-electron chi connectivity index (χ3n) is 2.99. The Morgan fingerprint density at radius 1 is 1.29 bits per heavy atom. The van der Waals surface area contributed by atoms with E-state index in [9.17, 15) is 4.79 Å². The van der Waals surface area contributed by atoms with Crippen molar-refractivity contribution in [2.24, 2.45) is 0 Å². The van der Waals surface area contributed by atoms with Crippen LogP contribution in [0.4, 0.5) is 0 Å². The van der Waals surface area contributed by atoms with Crippen LogP contribution in [0.5, 0.6) is 0 Å². The van der Waals surface area contributed by atoms with E-state index in [1.165, 1.54) is 0 Å². The molecular formula is C12H16N2O3. The third-order valence-corrected chi connectivity index (χ3v) is 2.99. The van der Waals surface area contributed by atoms with Gasteiger partial charge in [-0.3, -0.25) is 4.57 Å². The van der Waals surface area contributed by atoms with Gasteiger partial charge in [0.2, 0.25) is 0 Å². The summed E-state index contributed by atoms with van der Waals surface area (Å²) in [6, 6.07) is 7.53. The number of aromatic amines is 1. The molecule has 5 nitrogen and oxygen atoms in total. The molecule has 0 amide bonds. The second-order valence-corrected chi connectivity index (χ2v) is 4.08. The number of aromatic nitrogens is 2. The largest absolute Gasteiger partial charge is 0.352 e. The zero-order valence-corrected chi connectivity index (χ0v) is 10.2. The Kier molecular flexibility index (Phi) is 3.04. The van der Waals surface area contributed by atoms with Crippen LogP contribution >= 0.6 is 0 Å². The van der Waals surface area contributed by atoms with Gasteiger partial charge in [-0.05, 0) is 19.1 Å². The van der Waals surface area contributed by atoms with Crippen molar-refractivity contribution in [2.45, 2.75) is 19.3 Å². The molecule has 2 aromatic rings. The SMILES string of the molecule is COC(C)(Cn1c(=O)[nH]c2ccccc21)OC. The van der Waals surface area contributed by atoms with Crippen molar-refractivity contribution in [3.63, 3.8) is 0 Å². The fourth-order valence-electron chi connectivity index (χ4n) is 1.76. The summed E-state index contributed by atoms with van der Waals surface area (Å²) in [5, 5.41) is 0. The molecule has 0 fully saturated rings. The molecule has 1 aromatic heterocycles. The first kappa shape index (κ1) is 11.9. The molecule has 1 heterocycles. The summed E-state index contributed by atoms with van der Waals surface area (Å²) in [5.74, 6) is -0.811. The number of methoxy groups -OCH3 is 2. The molecule has 1 aromatic carbocycles. The molecule has 5 heteroatoms. The normalized spacial score (nSPS) is 12.2. The van der Waals surface area contributed by atoms with Crippen LogP contribution in [0.25, 0.3) is 11.0 Å². The molecule has 0 aliphatic rings. The summed E-state index contributed by atoms with van der Waals surface area (Å²) in [6.07, 6.45) is 0. The van der Waals surface area contributed by atoms with Gasteiger partial charge in [-0.2, -0.15) is 0 Å². The molecule has 92 valence electrons. The van der Waals surface area contributed by atoms with Gasteiger partial charge in [0, 0.05) is 14.2 Å². The Labute approximate surface area is 99.0 Å². The van der Waals surface area contributed by atoms with E-state index >= 15 is 0 Å². The molecule has 0 bridgehead atoms. The smallest absolute Gasteiger partial charge is 0.326 e. The van der Waals surface area contributed by atoms with Gasteiger partial charge in [0.25, 0.3) is 0 Å². The number of nitrogens with one attached hydrogen (secondary N) is 1. The lowest BCUT2D eigenvalue weighted by Crippen LogP contribution is -2.38. The zero-order valence-electron chi connectivity index (χ0n) is 10.2. The summed E-state index contributed by atoms with van der Waals surface area (Å²) in [7, 11) is 3.12. The first-order valence-corrected chi connectivity index (χ1v) is 5.37. The van der Waals surface area contributed by atoms with Crippen LogP contribution in [0.15, 0.2) is 29.1 Å². The average Bonchev–Trinajstić information content (AvgIpc) is 2.66. The number of hydrogen-bond acceptors (Lipinski definition) is 3. The fraction of sp³-hybridized carbons (Fsp3) is 0.417. The molecule has 0 atom stereocenters. The van der Waals surface area contributed by atoms with Crippen molar-refractivity contribution in [1.29, 1.82) is 0 Å². The Hall–Kier alpha value is -1.59. The molecule has 0 spiro atoms. The van der Waals surface area contributed by atoms with Gasteiger partial charge >= 0.3 is 5.69 Å². The van der Waals surface area contributed by atoms with Crippen LogP contribution in [0.3, 0.4) is 0 Å². The van der Waals surface area contributed by atoms with Crippen molar-refractivity contribution >= 4 is 11.0 Å². The van der Waals surface area contributed by atoms with Gasteiger partial charge in [-0.25, -0.2) is 4.79 Å². The fourth-order valence-corrected chi connectivity index (χ4v) is 1.76. The van der Waals surface area contributed by atoms with E-state index < -0.39 is 5.79 Å². The van der Waals surface area contributed by atoms with Crippen molar-refractivity contribution in [2.75, 3.05) is 14.2 Å². The molecular weight excluding hydrogens is 220 g/mol. The molecule has 0 aliphatic carbocycles. The maximum absolute atomic E-state index is 11.8. The predicted octanol–water partition coefficient (Wildman–Crippen LogP) is 1.34. The van der Waals surface area contributed by atoms with Gasteiger partial charge in [0.15, 0.2) is 5.79 Å². The van der Waals surface area contributed by atoms with Crippen LogP contribution in [0.2, 0.25) is 0 Å². The highest BCUT2D eigenvalue weighted by Gasteiger charge is 2.25. The molecule has 17 heavy (non-hydrogen) atoms. The van der Waals surface area contributed by atoms with Gasteiger partial charge < -0.3 is 14.5 Å². The maximum Gasteiger partial charge on any atom is 0.326 e. The summed E-state index contributed by atoms with van der Waals surface area (Å²) < 4.78 is 12.2. The second kappa shape index (κ2) is 4.35. The average molecular weight is 236 g/mol. The van der Waals surface area contributed by atoms with Gasteiger partial charge in [-0.1, -0.05) is 12.1 Å². The topological polar surface area (TPSA) is 56.2 Å². The maximum atomic E-state index is 11.8. The quantitative estimate of drug-likeness (QED) is 0.815. The predicted molar refractivity (Wildman–Crippen MR) is 65.0 cm³/mol. The number of nitrogens with zero attached hydrogens (tertiary/aromatic N) is 1. The Morgan fingerprint density at radius 3 is 2.59 bits per heavy atom.